The van der Waals surface area contributed by atoms with Gasteiger partial charge < -0.3 is 20.9 Å². The van der Waals surface area contributed by atoms with Crippen molar-refractivity contribution >= 4 is 0 Å². The molecule has 0 bridgehead atoms. The summed E-state index contributed by atoms with van der Waals surface area (Å²) >= 11 is 0. The molecule has 1 unspecified atom stereocenters. The summed E-state index contributed by atoms with van der Waals surface area (Å²) in [7, 11) is 0. The fourth-order valence-electron chi connectivity index (χ4n) is 1.52. The summed E-state index contributed by atoms with van der Waals surface area (Å²) in [5.41, 5.74) is 12.1. The molecule has 0 saturated heterocycles. The predicted octanol–water partition coefficient (Wildman–Crippen LogP) is 0.590. The smallest absolute Gasteiger partial charge is 0.161 e. The number of hydrogen-bond donors (Lipinski definition) is 2. The molecule has 1 aromatic rings. The maximum Gasteiger partial charge on any atom is 0.161 e. The van der Waals surface area contributed by atoms with E-state index in [4.69, 9.17) is 20.9 Å². The lowest BCUT2D eigenvalue weighted by Gasteiger charge is -2.25. The minimum absolute atomic E-state index is 0.395. The first-order chi connectivity index (χ1) is 7.13. The maximum absolute atomic E-state index is 6.05. The molecule has 1 aliphatic rings. The molecular weight excluding hydrogens is 192 g/mol. The second-order valence-corrected chi connectivity index (χ2v) is 3.98. The van der Waals surface area contributed by atoms with Crippen LogP contribution in [0.5, 0.6) is 11.5 Å². The van der Waals surface area contributed by atoms with Crippen molar-refractivity contribution in [1.82, 2.24) is 0 Å². The minimum Gasteiger partial charge on any atom is -0.486 e. The standard InChI is InChI=1S/C11H16N2O2/c1-11(13,7-12)8-2-3-9-10(6-8)15-5-4-14-9/h2-3,6H,4-5,7,12-13H2,1H3. The number of fused-ring (bicyclic) bond motifs is 1. The number of hydrogen-bond acceptors (Lipinski definition) is 4. The molecule has 15 heavy (non-hydrogen) atoms. The Labute approximate surface area is 89.2 Å². The number of benzene rings is 1. The molecule has 4 heteroatoms. The largest absolute Gasteiger partial charge is 0.486 e. The molecule has 1 heterocycles. The van der Waals surface area contributed by atoms with Crippen molar-refractivity contribution < 1.29 is 9.47 Å². The van der Waals surface area contributed by atoms with Gasteiger partial charge in [-0.15, -0.1) is 0 Å². The maximum atomic E-state index is 6.05. The van der Waals surface area contributed by atoms with Gasteiger partial charge in [-0.3, -0.25) is 0 Å². The van der Waals surface area contributed by atoms with Gasteiger partial charge in [-0.25, -0.2) is 0 Å². The molecule has 1 aliphatic heterocycles. The van der Waals surface area contributed by atoms with Crippen molar-refractivity contribution in [3.63, 3.8) is 0 Å². The van der Waals surface area contributed by atoms with Gasteiger partial charge in [-0.05, 0) is 24.6 Å². The van der Waals surface area contributed by atoms with Crippen LogP contribution in [0.4, 0.5) is 0 Å². The highest BCUT2D eigenvalue weighted by molar-refractivity contribution is 5.45. The van der Waals surface area contributed by atoms with Crippen molar-refractivity contribution in [1.29, 1.82) is 0 Å². The van der Waals surface area contributed by atoms with Gasteiger partial charge in [-0.2, -0.15) is 0 Å². The average Bonchev–Trinajstić information content (AvgIpc) is 2.28. The molecule has 0 aromatic heterocycles. The zero-order valence-electron chi connectivity index (χ0n) is 8.82. The van der Waals surface area contributed by atoms with Gasteiger partial charge >= 0.3 is 0 Å². The van der Waals surface area contributed by atoms with E-state index in [2.05, 4.69) is 0 Å². The van der Waals surface area contributed by atoms with Crippen LogP contribution in [-0.2, 0) is 5.54 Å². The summed E-state index contributed by atoms with van der Waals surface area (Å²) in [6.45, 7) is 3.48. The van der Waals surface area contributed by atoms with Crippen LogP contribution >= 0.6 is 0 Å². The average molecular weight is 208 g/mol. The Balaban J connectivity index is 2.36. The van der Waals surface area contributed by atoms with Gasteiger partial charge in [0, 0.05) is 6.54 Å². The molecule has 0 spiro atoms. The van der Waals surface area contributed by atoms with Gasteiger partial charge in [0.1, 0.15) is 13.2 Å². The Kier molecular flexibility index (Phi) is 2.54. The minimum atomic E-state index is -0.518. The Morgan fingerprint density at radius 3 is 2.60 bits per heavy atom. The van der Waals surface area contributed by atoms with E-state index in [1.165, 1.54) is 0 Å². The van der Waals surface area contributed by atoms with Crippen molar-refractivity contribution in [2.45, 2.75) is 12.5 Å². The Morgan fingerprint density at radius 2 is 1.93 bits per heavy atom. The molecule has 0 amide bonds. The molecule has 4 N–H and O–H groups in total. The third-order valence-corrected chi connectivity index (χ3v) is 2.63. The summed E-state index contributed by atoms with van der Waals surface area (Å²) in [6.07, 6.45) is 0. The zero-order chi connectivity index (χ0) is 10.9. The monoisotopic (exact) mass is 208 g/mol. The first-order valence-corrected chi connectivity index (χ1v) is 5.02. The van der Waals surface area contributed by atoms with Gasteiger partial charge in [0.15, 0.2) is 11.5 Å². The first kappa shape index (κ1) is 10.3. The third-order valence-electron chi connectivity index (χ3n) is 2.63. The lowest BCUT2D eigenvalue weighted by molar-refractivity contribution is 0.171. The van der Waals surface area contributed by atoms with Crippen molar-refractivity contribution in [3.05, 3.63) is 23.8 Å². The van der Waals surface area contributed by atoms with Crippen molar-refractivity contribution in [3.8, 4) is 11.5 Å². The van der Waals surface area contributed by atoms with E-state index in [1.807, 2.05) is 25.1 Å². The molecular formula is C11H16N2O2. The highest BCUT2D eigenvalue weighted by Gasteiger charge is 2.22. The quantitative estimate of drug-likeness (QED) is 0.746. The number of ether oxygens (including phenoxy) is 2. The van der Waals surface area contributed by atoms with Gasteiger partial charge in [-0.1, -0.05) is 6.07 Å². The highest BCUT2D eigenvalue weighted by atomic mass is 16.6. The van der Waals surface area contributed by atoms with Crippen LogP contribution in [0, 0.1) is 0 Å². The van der Waals surface area contributed by atoms with Crippen LogP contribution in [0.1, 0.15) is 12.5 Å². The molecule has 2 rings (SSSR count). The fraction of sp³-hybridized carbons (Fsp3) is 0.455. The van der Waals surface area contributed by atoms with E-state index in [1.54, 1.807) is 0 Å². The molecule has 4 nitrogen and oxygen atoms in total. The van der Waals surface area contributed by atoms with Gasteiger partial charge in [0.05, 0.1) is 5.54 Å². The number of rotatable bonds is 2. The van der Waals surface area contributed by atoms with Crippen LogP contribution < -0.4 is 20.9 Å². The topological polar surface area (TPSA) is 70.5 Å². The van der Waals surface area contributed by atoms with Crippen LogP contribution in [0.15, 0.2) is 18.2 Å². The van der Waals surface area contributed by atoms with Crippen LogP contribution in [0.2, 0.25) is 0 Å². The molecule has 0 saturated carbocycles. The first-order valence-electron chi connectivity index (χ1n) is 5.02. The van der Waals surface area contributed by atoms with Crippen LogP contribution in [0.25, 0.3) is 0 Å². The zero-order valence-corrected chi connectivity index (χ0v) is 8.82. The molecule has 0 fully saturated rings. The normalized spacial score (nSPS) is 18.3. The second kappa shape index (κ2) is 3.72. The van der Waals surface area contributed by atoms with E-state index in [0.29, 0.717) is 19.8 Å². The summed E-state index contributed by atoms with van der Waals surface area (Å²) in [4.78, 5) is 0. The Hall–Kier alpha value is -1.26. The molecule has 82 valence electrons. The molecule has 1 aromatic carbocycles. The van der Waals surface area contributed by atoms with Crippen molar-refractivity contribution in [2.75, 3.05) is 19.8 Å². The highest BCUT2D eigenvalue weighted by Crippen LogP contribution is 2.33. The molecule has 0 aliphatic carbocycles. The lowest BCUT2D eigenvalue weighted by atomic mass is 9.93. The van der Waals surface area contributed by atoms with E-state index in [0.717, 1.165) is 17.1 Å². The predicted molar refractivity (Wildman–Crippen MR) is 58.0 cm³/mol. The Bertz CT molecular complexity index is 364. The summed E-state index contributed by atoms with van der Waals surface area (Å²) < 4.78 is 10.9. The lowest BCUT2D eigenvalue weighted by Crippen LogP contribution is -2.40. The Morgan fingerprint density at radius 1 is 1.27 bits per heavy atom. The van der Waals surface area contributed by atoms with Crippen LogP contribution in [-0.4, -0.2) is 19.8 Å². The van der Waals surface area contributed by atoms with E-state index >= 15 is 0 Å². The van der Waals surface area contributed by atoms with Crippen LogP contribution in [0.3, 0.4) is 0 Å². The van der Waals surface area contributed by atoms with Gasteiger partial charge in [0.2, 0.25) is 0 Å². The fourth-order valence-corrected chi connectivity index (χ4v) is 1.52. The summed E-state index contributed by atoms with van der Waals surface area (Å²) in [5.74, 6) is 1.53. The van der Waals surface area contributed by atoms with Crippen molar-refractivity contribution in [2.24, 2.45) is 11.5 Å². The molecule has 0 radical (unpaired) electrons. The number of nitrogens with two attached hydrogens (primary N) is 2. The second-order valence-electron chi connectivity index (χ2n) is 3.98. The van der Waals surface area contributed by atoms with E-state index in [9.17, 15) is 0 Å². The van der Waals surface area contributed by atoms with E-state index in [-0.39, 0.29) is 0 Å². The van der Waals surface area contributed by atoms with Gasteiger partial charge in [0.25, 0.3) is 0 Å². The van der Waals surface area contributed by atoms with E-state index < -0.39 is 5.54 Å². The SMILES string of the molecule is CC(N)(CN)c1ccc2c(c1)OCCO2. The summed E-state index contributed by atoms with van der Waals surface area (Å²) in [6, 6.07) is 5.71. The summed E-state index contributed by atoms with van der Waals surface area (Å²) in [5, 5.41) is 0. The third kappa shape index (κ3) is 1.91. The molecule has 1 atom stereocenters.